The molecule has 3 aromatic carbocycles. The molecule has 0 saturated carbocycles. The van der Waals surface area contributed by atoms with Crippen molar-refractivity contribution in [1.82, 2.24) is 4.98 Å². The minimum atomic E-state index is -0.356. The highest BCUT2D eigenvalue weighted by Gasteiger charge is 2.24. The van der Waals surface area contributed by atoms with Crippen molar-refractivity contribution in [3.05, 3.63) is 108 Å². The maximum absolute atomic E-state index is 13.7. The number of aromatic nitrogens is 1. The van der Waals surface area contributed by atoms with Gasteiger partial charge in [0.15, 0.2) is 0 Å². The van der Waals surface area contributed by atoms with Gasteiger partial charge in [0.05, 0.1) is 5.69 Å². The molecule has 4 aromatic rings. The number of hydrogen-bond acceptors (Lipinski definition) is 5. The van der Waals surface area contributed by atoms with Gasteiger partial charge in [-0.2, -0.15) is 0 Å². The van der Waals surface area contributed by atoms with Crippen molar-refractivity contribution in [3.8, 4) is 11.1 Å². The van der Waals surface area contributed by atoms with E-state index in [-0.39, 0.29) is 11.2 Å². The molecule has 1 amide bonds. The molecule has 1 unspecified atom stereocenters. The minimum Gasteiger partial charge on any atom is -0.322 e. The number of amides is 1. The third-order valence-corrected chi connectivity index (χ3v) is 8.32. The lowest BCUT2D eigenvalue weighted by Gasteiger charge is -2.20. The first-order valence-electron chi connectivity index (χ1n) is 11.3. The van der Waals surface area contributed by atoms with Crippen LogP contribution in [0.5, 0.6) is 0 Å². The van der Waals surface area contributed by atoms with Gasteiger partial charge >= 0.3 is 0 Å². The van der Waals surface area contributed by atoms with E-state index in [0.717, 1.165) is 43.7 Å². The minimum absolute atomic E-state index is 0.0327. The summed E-state index contributed by atoms with van der Waals surface area (Å²) in [5.74, 6) is 0.714. The van der Waals surface area contributed by atoms with Crippen LogP contribution in [0.1, 0.15) is 22.1 Å². The second-order valence-electron chi connectivity index (χ2n) is 8.00. The summed E-state index contributed by atoms with van der Waals surface area (Å²) in [5.41, 5.74) is 6.23. The van der Waals surface area contributed by atoms with Gasteiger partial charge in [0, 0.05) is 16.3 Å². The van der Waals surface area contributed by atoms with E-state index in [0.29, 0.717) is 0 Å². The van der Waals surface area contributed by atoms with Crippen LogP contribution in [-0.4, -0.2) is 23.4 Å². The summed E-state index contributed by atoms with van der Waals surface area (Å²) in [6, 6.07) is 30.9. The Balaban J connectivity index is 1.63. The van der Waals surface area contributed by atoms with Gasteiger partial charge in [-0.1, -0.05) is 84.9 Å². The Labute approximate surface area is 220 Å². The first-order valence-corrected chi connectivity index (χ1v) is 14.8. The van der Waals surface area contributed by atoms with Crippen LogP contribution < -0.4 is 5.32 Å². The van der Waals surface area contributed by atoms with Gasteiger partial charge in [0.1, 0.15) is 10.3 Å². The summed E-state index contributed by atoms with van der Waals surface area (Å²) >= 11 is 4.82. The fourth-order valence-corrected chi connectivity index (χ4v) is 6.20. The molecule has 6 heteroatoms. The van der Waals surface area contributed by atoms with E-state index in [9.17, 15) is 4.79 Å². The van der Waals surface area contributed by atoms with E-state index in [1.165, 1.54) is 5.56 Å². The Hall–Kier alpha value is -2.67. The van der Waals surface area contributed by atoms with Crippen molar-refractivity contribution in [3.63, 3.8) is 0 Å². The average molecular weight is 517 g/mol. The Morgan fingerprint density at radius 3 is 2.11 bits per heavy atom. The topological polar surface area (TPSA) is 42.0 Å². The molecule has 1 atom stereocenters. The SMILES string of the molecule is CSc1cc(C)nc(SC)c1NC(=O)C(SCc1ccccc1)c1ccc(-c2ccccc2)cc1. The molecule has 4 rings (SSSR count). The monoisotopic (exact) mass is 516 g/mol. The highest BCUT2D eigenvalue weighted by Crippen LogP contribution is 2.38. The van der Waals surface area contributed by atoms with Crippen LogP contribution >= 0.6 is 35.3 Å². The van der Waals surface area contributed by atoms with Gasteiger partial charge in [0.25, 0.3) is 0 Å². The Morgan fingerprint density at radius 1 is 0.857 bits per heavy atom. The van der Waals surface area contributed by atoms with E-state index < -0.39 is 0 Å². The van der Waals surface area contributed by atoms with Crippen molar-refractivity contribution in [2.75, 3.05) is 17.8 Å². The van der Waals surface area contributed by atoms with Crippen LogP contribution in [0.3, 0.4) is 0 Å². The van der Waals surface area contributed by atoms with E-state index in [1.807, 2.05) is 61.9 Å². The van der Waals surface area contributed by atoms with Gasteiger partial charge in [-0.15, -0.1) is 35.3 Å². The largest absolute Gasteiger partial charge is 0.322 e. The van der Waals surface area contributed by atoms with Gasteiger partial charge < -0.3 is 5.32 Å². The maximum Gasteiger partial charge on any atom is 0.242 e. The molecule has 35 heavy (non-hydrogen) atoms. The summed E-state index contributed by atoms with van der Waals surface area (Å²) in [7, 11) is 0. The second kappa shape index (κ2) is 12.3. The first kappa shape index (κ1) is 25.4. The number of benzene rings is 3. The first-order chi connectivity index (χ1) is 17.1. The summed E-state index contributed by atoms with van der Waals surface area (Å²) < 4.78 is 0. The molecule has 1 aromatic heterocycles. The van der Waals surface area contributed by atoms with E-state index in [2.05, 4.69) is 58.8 Å². The van der Waals surface area contributed by atoms with Gasteiger partial charge in [-0.3, -0.25) is 4.79 Å². The number of pyridine rings is 1. The van der Waals surface area contributed by atoms with Crippen molar-refractivity contribution in [2.24, 2.45) is 0 Å². The molecular formula is C29H28N2OS3. The molecule has 0 aliphatic rings. The number of anilines is 1. The Morgan fingerprint density at radius 2 is 1.49 bits per heavy atom. The quantitative estimate of drug-likeness (QED) is 0.228. The third kappa shape index (κ3) is 6.51. The van der Waals surface area contributed by atoms with Crippen LogP contribution in [-0.2, 0) is 10.5 Å². The second-order valence-corrected chi connectivity index (χ2v) is 10.7. The lowest BCUT2D eigenvalue weighted by molar-refractivity contribution is -0.115. The fourth-order valence-electron chi connectivity index (χ4n) is 3.79. The van der Waals surface area contributed by atoms with Crippen molar-refractivity contribution in [1.29, 1.82) is 0 Å². The summed E-state index contributed by atoms with van der Waals surface area (Å²) in [6.45, 7) is 1.98. The maximum atomic E-state index is 13.7. The molecule has 1 heterocycles. The summed E-state index contributed by atoms with van der Waals surface area (Å²) in [4.78, 5) is 19.4. The van der Waals surface area contributed by atoms with Gasteiger partial charge in [0.2, 0.25) is 5.91 Å². The molecule has 0 saturated heterocycles. The molecule has 0 radical (unpaired) electrons. The zero-order valence-electron chi connectivity index (χ0n) is 20.0. The lowest BCUT2D eigenvalue weighted by atomic mass is 10.0. The number of carbonyl (C=O) groups is 1. The molecule has 1 N–H and O–H groups in total. The molecule has 0 bridgehead atoms. The fraction of sp³-hybridized carbons (Fsp3) is 0.172. The molecule has 0 aliphatic carbocycles. The predicted molar refractivity (Wildman–Crippen MR) is 154 cm³/mol. The number of nitrogens with zero attached hydrogens (tertiary/aromatic N) is 1. The summed E-state index contributed by atoms with van der Waals surface area (Å²) in [6.07, 6.45) is 4.02. The van der Waals surface area contributed by atoms with E-state index in [1.54, 1.807) is 35.3 Å². The van der Waals surface area contributed by atoms with Crippen LogP contribution in [0.4, 0.5) is 5.69 Å². The lowest BCUT2D eigenvalue weighted by Crippen LogP contribution is -2.20. The zero-order valence-corrected chi connectivity index (χ0v) is 22.5. The Kier molecular flexibility index (Phi) is 8.96. The van der Waals surface area contributed by atoms with Crippen LogP contribution in [0.25, 0.3) is 11.1 Å². The number of aryl methyl sites for hydroxylation is 1. The van der Waals surface area contributed by atoms with Crippen LogP contribution in [0.2, 0.25) is 0 Å². The number of thioether (sulfide) groups is 3. The van der Waals surface area contributed by atoms with Crippen molar-refractivity contribution in [2.45, 2.75) is 27.8 Å². The Bertz CT molecular complexity index is 1240. The number of rotatable bonds is 9. The molecule has 0 aliphatic heterocycles. The number of nitrogens with one attached hydrogen (secondary N) is 1. The van der Waals surface area contributed by atoms with E-state index >= 15 is 0 Å². The predicted octanol–water partition coefficient (Wildman–Crippen LogP) is 8.11. The highest BCUT2D eigenvalue weighted by molar-refractivity contribution is 8.00. The zero-order chi connectivity index (χ0) is 24.6. The molecule has 3 nitrogen and oxygen atoms in total. The van der Waals surface area contributed by atoms with Crippen molar-refractivity contribution < 1.29 is 4.79 Å². The third-order valence-electron chi connectivity index (χ3n) is 5.56. The highest BCUT2D eigenvalue weighted by atomic mass is 32.2. The molecule has 0 spiro atoms. The number of hydrogen-bond donors (Lipinski definition) is 1. The van der Waals surface area contributed by atoms with Gasteiger partial charge in [-0.25, -0.2) is 4.98 Å². The normalized spacial score (nSPS) is 11.7. The molecule has 178 valence electrons. The van der Waals surface area contributed by atoms with Crippen LogP contribution in [0, 0.1) is 6.92 Å². The molecule has 0 fully saturated rings. The average Bonchev–Trinajstić information content (AvgIpc) is 2.91. The summed E-state index contributed by atoms with van der Waals surface area (Å²) in [5, 5.41) is 3.71. The standard InChI is InChI=1S/C29H28N2OS3/c1-20-18-25(33-2)26(29(30-20)34-3)31-28(32)27(35-19-21-10-6-4-7-11-21)24-16-14-23(15-17-24)22-12-8-5-9-13-22/h4-18,27H,19H2,1-3H3,(H,31,32). The number of carbonyl (C=O) groups excluding carboxylic acids is 1. The van der Waals surface area contributed by atoms with Crippen molar-refractivity contribution >= 4 is 46.9 Å². The van der Waals surface area contributed by atoms with Crippen LogP contribution in [0.15, 0.2) is 101 Å². The van der Waals surface area contributed by atoms with E-state index in [4.69, 9.17) is 0 Å². The smallest absolute Gasteiger partial charge is 0.242 e. The van der Waals surface area contributed by atoms with Gasteiger partial charge in [-0.05, 0) is 47.8 Å². The molecular weight excluding hydrogens is 489 g/mol.